The Morgan fingerprint density at radius 1 is 1.19 bits per heavy atom. The highest BCUT2D eigenvalue weighted by Crippen LogP contribution is 2.15. The lowest BCUT2D eigenvalue weighted by Gasteiger charge is -1.86. The zero-order valence-electron chi connectivity index (χ0n) is 8.54. The molecule has 0 aromatic carbocycles. The van der Waals surface area contributed by atoms with Crippen LogP contribution in [0.2, 0.25) is 0 Å². The second kappa shape index (κ2) is 3.41. The van der Waals surface area contributed by atoms with Crippen molar-refractivity contribution in [2.75, 3.05) is 0 Å². The van der Waals surface area contributed by atoms with Gasteiger partial charge in [-0.05, 0) is 0 Å². The van der Waals surface area contributed by atoms with Crippen LogP contribution in [0.5, 0.6) is 0 Å². The van der Waals surface area contributed by atoms with Gasteiger partial charge in [-0.15, -0.1) is 10.2 Å². The van der Waals surface area contributed by atoms with Crippen molar-refractivity contribution in [1.82, 2.24) is 20.2 Å². The van der Waals surface area contributed by atoms with Crippen molar-refractivity contribution in [3.8, 4) is 0 Å². The summed E-state index contributed by atoms with van der Waals surface area (Å²) in [7, 11) is 0. The van der Waals surface area contributed by atoms with Crippen LogP contribution in [0, 0.1) is 6.92 Å². The summed E-state index contributed by atoms with van der Waals surface area (Å²) in [5.41, 5.74) is 1.44. The van der Waals surface area contributed by atoms with Crippen LogP contribution >= 0.6 is 0 Å². The van der Waals surface area contributed by atoms with Crippen molar-refractivity contribution in [1.29, 1.82) is 0 Å². The topological polar surface area (TPSA) is 77.8 Å². The molecular weight excluding hydrogens is 208 g/mol. The number of aromatic nitrogens is 4. The fourth-order valence-corrected chi connectivity index (χ4v) is 1.44. The Kier molecular flexibility index (Phi) is 1.92. The van der Waals surface area contributed by atoms with Gasteiger partial charge in [0.05, 0.1) is 6.20 Å². The lowest BCUT2D eigenvalue weighted by atomic mass is 10.4. The second-order valence-electron chi connectivity index (χ2n) is 3.34. The molecule has 0 unspecified atom stereocenters. The van der Waals surface area contributed by atoms with Crippen molar-refractivity contribution >= 4 is 11.1 Å². The smallest absolute Gasteiger partial charge is 0.225 e. The normalized spacial score (nSPS) is 11.1. The third kappa shape index (κ3) is 1.54. The maximum absolute atomic E-state index is 5.50. The third-order valence-corrected chi connectivity index (χ3v) is 2.10. The Bertz CT molecular complexity index is 595. The van der Waals surface area contributed by atoms with E-state index in [1.165, 1.54) is 0 Å². The van der Waals surface area contributed by atoms with Crippen molar-refractivity contribution in [3.63, 3.8) is 0 Å². The summed E-state index contributed by atoms with van der Waals surface area (Å²) in [4.78, 5) is 8.22. The summed E-state index contributed by atoms with van der Waals surface area (Å²) in [5.74, 6) is 1.58. The molecule has 0 fully saturated rings. The van der Waals surface area contributed by atoms with E-state index in [2.05, 4.69) is 20.2 Å². The predicted molar refractivity (Wildman–Crippen MR) is 53.6 cm³/mol. The Morgan fingerprint density at radius 2 is 2.12 bits per heavy atom. The molecule has 6 heteroatoms. The van der Waals surface area contributed by atoms with Gasteiger partial charge in [0.15, 0.2) is 5.58 Å². The maximum atomic E-state index is 5.50. The first kappa shape index (κ1) is 9.02. The summed E-state index contributed by atoms with van der Waals surface area (Å²) in [6.07, 6.45) is 3.71. The minimum Gasteiger partial charge on any atom is -0.440 e. The largest absolute Gasteiger partial charge is 0.440 e. The quantitative estimate of drug-likeness (QED) is 0.646. The van der Waals surface area contributed by atoms with E-state index >= 15 is 0 Å². The second-order valence-corrected chi connectivity index (χ2v) is 3.34. The van der Waals surface area contributed by atoms with Crippen LogP contribution in [0.4, 0.5) is 0 Å². The average molecular weight is 216 g/mol. The number of hydrogen-bond acceptors (Lipinski definition) is 6. The average Bonchev–Trinajstić information content (AvgIpc) is 2.84. The number of fused-ring (bicyclic) bond motifs is 1. The van der Waals surface area contributed by atoms with E-state index in [0.29, 0.717) is 29.7 Å². The molecule has 0 atom stereocenters. The fourth-order valence-electron chi connectivity index (χ4n) is 1.44. The van der Waals surface area contributed by atoms with Gasteiger partial charge < -0.3 is 8.83 Å². The van der Waals surface area contributed by atoms with E-state index in [1.54, 1.807) is 25.4 Å². The molecule has 16 heavy (non-hydrogen) atoms. The zero-order chi connectivity index (χ0) is 11.0. The Morgan fingerprint density at radius 3 is 2.88 bits per heavy atom. The summed E-state index contributed by atoms with van der Waals surface area (Å²) in [6.45, 7) is 1.74. The first-order valence-corrected chi connectivity index (χ1v) is 4.80. The van der Waals surface area contributed by atoms with Gasteiger partial charge >= 0.3 is 0 Å². The lowest BCUT2D eigenvalue weighted by Crippen LogP contribution is -1.87. The van der Waals surface area contributed by atoms with Crippen molar-refractivity contribution in [2.45, 2.75) is 13.3 Å². The molecule has 0 aliphatic rings. The molecule has 6 nitrogen and oxygen atoms in total. The molecule has 0 aliphatic carbocycles. The molecule has 0 radical (unpaired) electrons. The number of pyridine rings is 1. The van der Waals surface area contributed by atoms with Crippen LogP contribution in [0.1, 0.15) is 17.7 Å². The minimum absolute atomic E-state index is 0.398. The molecular formula is C10H8N4O2. The van der Waals surface area contributed by atoms with E-state index in [1.807, 2.05) is 0 Å². The van der Waals surface area contributed by atoms with Gasteiger partial charge in [-0.2, -0.15) is 0 Å². The van der Waals surface area contributed by atoms with Gasteiger partial charge in [-0.25, -0.2) is 4.98 Å². The lowest BCUT2D eigenvalue weighted by molar-refractivity contribution is 0.451. The summed E-state index contributed by atoms with van der Waals surface area (Å²) < 4.78 is 10.7. The number of nitrogens with zero attached hydrogens (tertiary/aromatic N) is 4. The number of aryl methyl sites for hydroxylation is 1. The SMILES string of the molecule is Cc1nnc(Cc2nc3cnccc3o2)o1. The highest BCUT2D eigenvalue weighted by atomic mass is 16.4. The van der Waals surface area contributed by atoms with Gasteiger partial charge in [0.25, 0.3) is 0 Å². The standard InChI is InChI=1S/C10H8N4O2/c1-6-13-14-10(15-6)4-9-12-7-5-11-3-2-8(7)16-9/h2-3,5H,4H2,1H3. The maximum Gasteiger partial charge on any atom is 0.225 e. The molecule has 0 bridgehead atoms. The van der Waals surface area contributed by atoms with Gasteiger partial charge in [0, 0.05) is 19.2 Å². The molecule has 0 saturated heterocycles. The van der Waals surface area contributed by atoms with E-state index in [9.17, 15) is 0 Å². The van der Waals surface area contributed by atoms with Crippen molar-refractivity contribution < 1.29 is 8.83 Å². The Labute approximate surface area is 90.3 Å². The minimum atomic E-state index is 0.398. The van der Waals surface area contributed by atoms with Crippen LogP contribution in [0.3, 0.4) is 0 Å². The van der Waals surface area contributed by atoms with E-state index in [4.69, 9.17) is 8.83 Å². The van der Waals surface area contributed by atoms with Crippen LogP contribution in [-0.2, 0) is 6.42 Å². The highest BCUT2D eigenvalue weighted by molar-refractivity contribution is 5.70. The molecule has 0 amide bonds. The molecule has 0 aliphatic heterocycles. The van der Waals surface area contributed by atoms with E-state index in [-0.39, 0.29) is 0 Å². The van der Waals surface area contributed by atoms with E-state index < -0.39 is 0 Å². The van der Waals surface area contributed by atoms with Crippen LogP contribution in [-0.4, -0.2) is 20.2 Å². The first-order chi connectivity index (χ1) is 7.81. The van der Waals surface area contributed by atoms with Gasteiger partial charge in [0.2, 0.25) is 17.7 Å². The zero-order valence-corrected chi connectivity index (χ0v) is 8.54. The Hall–Kier alpha value is -2.24. The van der Waals surface area contributed by atoms with Crippen LogP contribution < -0.4 is 0 Å². The van der Waals surface area contributed by atoms with Crippen LogP contribution in [0.25, 0.3) is 11.1 Å². The molecule has 0 spiro atoms. The predicted octanol–water partition coefficient (Wildman–Crippen LogP) is 1.51. The number of oxazole rings is 1. The Balaban J connectivity index is 1.95. The summed E-state index contributed by atoms with van der Waals surface area (Å²) in [5, 5.41) is 7.62. The number of hydrogen-bond donors (Lipinski definition) is 0. The molecule has 3 aromatic rings. The molecule has 3 aromatic heterocycles. The van der Waals surface area contributed by atoms with Gasteiger partial charge in [-0.3, -0.25) is 4.98 Å². The van der Waals surface area contributed by atoms with E-state index in [0.717, 1.165) is 5.52 Å². The molecule has 3 heterocycles. The monoisotopic (exact) mass is 216 g/mol. The number of rotatable bonds is 2. The molecule has 3 rings (SSSR count). The molecule has 80 valence electrons. The fraction of sp³-hybridized carbons (Fsp3) is 0.200. The third-order valence-electron chi connectivity index (χ3n) is 2.10. The highest BCUT2D eigenvalue weighted by Gasteiger charge is 2.10. The van der Waals surface area contributed by atoms with Gasteiger partial charge in [0.1, 0.15) is 11.9 Å². The summed E-state index contributed by atoms with van der Waals surface area (Å²) >= 11 is 0. The first-order valence-electron chi connectivity index (χ1n) is 4.80. The van der Waals surface area contributed by atoms with Crippen LogP contribution in [0.15, 0.2) is 27.3 Å². The van der Waals surface area contributed by atoms with Crippen molar-refractivity contribution in [3.05, 3.63) is 36.1 Å². The van der Waals surface area contributed by atoms with Crippen molar-refractivity contribution in [2.24, 2.45) is 0 Å². The molecule has 0 saturated carbocycles. The summed E-state index contributed by atoms with van der Waals surface area (Å²) in [6, 6.07) is 1.77. The molecule has 0 N–H and O–H groups in total. The van der Waals surface area contributed by atoms with Gasteiger partial charge in [-0.1, -0.05) is 0 Å².